The van der Waals surface area contributed by atoms with Crippen molar-refractivity contribution in [3.8, 4) is 0 Å². The second kappa shape index (κ2) is 5.22. The number of hydrogen-bond donors (Lipinski definition) is 1. The van der Waals surface area contributed by atoms with Crippen molar-refractivity contribution in [3.05, 3.63) is 71.8 Å². The Kier molecular flexibility index (Phi) is 3.41. The number of hydrogen-bond acceptors (Lipinski definition) is 2. The van der Waals surface area contributed by atoms with E-state index in [0.717, 1.165) is 18.4 Å². The van der Waals surface area contributed by atoms with E-state index in [2.05, 4.69) is 0 Å². The van der Waals surface area contributed by atoms with Crippen molar-refractivity contribution >= 4 is 5.78 Å². The third-order valence-electron chi connectivity index (χ3n) is 4.21. The quantitative estimate of drug-likeness (QED) is 0.904. The minimum Gasteiger partial charge on any atom is -0.377 e. The van der Waals surface area contributed by atoms with Crippen LogP contribution >= 0.6 is 0 Å². The Hall–Kier alpha value is -1.93. The third-order valence-corrected chi connectivity index (χ3v) is 4.21. The monoisotopic (exact) mass is 266 g/mol. The first-order valence-electron chi connectivity index (χ1n) is 7.09. The molecule has 0 aromatic heterocycles. The van der Waals surface area contributed by atoms with Crippen molar-refractivity contribution in [1.82, 2.24) is 0 Å². The fourth-order valence-electron chi connectivity index (χ4n) is 3.11. The first kappa shape index (κ1) is 13.1. The second-order valence-electron chi connectivity index (χ2n) is 5.45. The number of carbonyl (C=O) groups is 1. The van der Waals surface area contributed by atoms with Gasteiger partial charge in [-0.2, -0.15) is 0 Å². The fourth-order valence-corrected chi connectivity index (χ4v) is 3.11. The number of benzene rings is 2. The van der Waals surface area contributed by atoms with E-state index in [1.807, 2.05) is 60.7 Å². The van der Waals surface area contributed by atoms with Crippen LogP contribution in [0.3, 0.4) is 0 Å². The number of ketones is 1. The van der Waals surface area contributed by atoms with Gasteiger partial charge in [-0.05, 0) is 30.4 Å². The molecule has 1 fully saturated rings. The molecule has 0 spiro atoms. The molecule has 2 nitrogen and oxygen atoms in total. The van der Waals surface area contributed by atoms with Crippen molar-refractivity contribution < 1.29 is 9.90 Å². The van der Waals surface area contributed by atoms with Crippen molar-refractivity contribution in [1.29, 1.82) is 0 Å². The lowest BCUT2D eigenvalue weighted by Gasteiger charge is -2.35. The zero-order chi connectivity index (χ0) is 14.0. The molecule has 0 aliphatic heterocycles. The summed E-state index contributed by atoms with van der Waals surface area (Å²) in [6.45, 7) is 0. The summed E-state index contributed by atoms with van der Waals surface area (Å²) in [6, 6.07) is 19.1. The summed E-state index contributed by atoms with van der Waals surface area (Å²) in [6.07, 6.45) is 2.19. The average molecular weight is 266 g/mol. The topological polar surface area (TPSA) is 37.3 Å². The third kappa shape index (κ3) is 2.16. The minimum absolute atomic E-state index is 0.0684. The molecule has 1 N–H and O–H groups in total. The number of rotatable bonds is 2. The normalized spacial score (nSPS) is 26.4. The lowest BCUT2D eigenvalue weighted by molar-refractivity contribution is -0.144. The van der Waals surface area contributed by atoms with E-state index < -0.39 is 5.60 Å². The predicted molar refractivity (Wildman–Crippen MR) is 78.4 cm³/mol. The maximum atomic E-state index is 12.8. The van der Waals surface area contributed by atoms with E-state index in [1.54, 1.807) is 0 Å². The van der Waals surface area contributed by atoms with E-state index >= 15 is 0 Å². The zero-order valence-electron chi connectivity index (χ0n) is 11.3. The van der Waals surface area contributed by atoms with Gasteiger partial charge in [0.25, 0.3) is 0 Å². The molecule has 0 amide bonds. The van der Waals surface area contributed by atoms with Crippen LogP contribution in [0, 0.1) is 0 Å². The van der Waals surface area contributed by atoms with Crippen LogP contribution in [0.5, 0.6) is 0 Å². The summed E-state index contributed by atoms with van der Waals surface area (Å²) in [5, 5.41) is 10.9. The Morgan fingerprint density at radius 2 is 1.55 bits per heavy atom. The van der Waals surface area contributed by atoms with Gasteiger partial charge in [0.05, 0.1) is 0 Å². The Labute approximate surface area is 119 Å². The van der Waals surface area contributed by atoms with Gasteiger partial charge in [-0.15, -0.1) is 0 Å². The van der Waals surface area contributed by atoms with E-state index in [-0.39, 0.29) is 11.7 Å². The number of aliphatic hydroxyl groups is 1. The Morgan fingerprint density at radius 1 is 0.950 bits per heavy atom. The average Bonchev–Trinajstić information content (AvgIpc) is 2.52. The molecular weight excluding hydrogens is 248 g/mol. The summed E-state index contributed by atoms with van der Waals surface area (Å²) < 4.78 is 0. The highest BCUT2D eigenvalue weighted by atomic mass is 16.3. The molecule has 1 aliphatic carbocycles. The van der Waals surface area contributed by atoms with E-state index in [0.29, 0.717) is 12.0 Å². The predicted octanol–water partition coefficient (Wildman–Crippen LogP) is 3.41. The SMILES string of the molecule is O=C1[C@@H](c2ccccc2)CCC[C@@]1(O)c1ccccc1. The summed E-state index contributed by atoms with van der Waals surface area (Å²) in [5.74, 6) is -0.267. The smallest absolute Gasteiger partial charge is 0.176 e. The lowest BCUT2D eigenvalue weighted by atomic mass is 9.71. The highest BCUT2D eigenvalue weighted by Crippen LogP contribution is 2.41. The van der Waals surface area contributed by atoms with E-state index in [1.165, 1.54) is 0 Å². The van der Waals surface area contributed by atoms with Crippen LogP contribution in [0.1, 0.15) is 36.3 Å². The van der Waals surface area contributed by atoms with E-state index in [4.69, 9.17) is 0 Å². The van der Waals surface area contributed by atoms with Gasteiger partial charge in [0.15, 0.2) is 5.78 Å². The van der Waals surface area contributed by atoms with Crippen molar-refractivity contribution in [2.75, 3.05) is 0 Å². The second-order valence-corrected chi connectivity index (χ2v) is 5.45. The highest BCUT2D eigenvalue weighted by molar-refractivity contribution is 5.94. The number of carbonyl (C=O) groups excluding carboxylic acids is 1. The standard InChI is InChI=1S/C18H18O2/c19-17-16(14-8-3-1-4-9-14)12-7-13-18(17,20)15-10-5-2-6-11-15/h1-6,8-11,16,20H,7,12-13H2/t16-,18-/m1/s1. The van der Waals surface area contributed by atoms with Gasteiger partial charge in [0.1, 0.15) is 5.60 Å². The molecule has 1 aliphatic rings. The molecule has 2 aromatic rings. The molecule has 20 heavy (non-hydrogen) atoms. The summed E-state index contributed by atoms with van der Waals surface area (Å²) in [5.41, 5.74) is 0.386. The lowest BCUT2D eigenvalue weighted by Crippen LogP contribution is -2.42. The van der Waals surface area contributed by atoms with Crippen LogP contribution in [0.15, 0.2) is 60.7 Å². The zero-order valence-corrected chi connectivity index (χ0v) is 11.3. The van der Waals surface area contributed by atoms with Gasteiger partial charge >= 0.3 is 0 Å². The van der Waals surface area contributed by atoms with Gasteiger partial charge in [0, 0.05) is 5.92 Å². The largest absolute Gasteiger partial charge is 0.377 e. The molecule has 0 bridgehead atoms. The number of Topliss-reactive ketones (excluding diaryl/α,β-unsaturated/α-hetero) is 1. The Balaban J connectivity index is 1.97. The van der Waals surface area contributed by atoms with Crippen LogP contribution in [0.2, 0.25) is 0 Å². The van der Waals surface area contributed by atoms with Crippen molar-refractivity contribution in [2.24, 2.45) is 0 Å². The first-order chi connectivity index (χ1) is 9.72. The molecule has 0 unspecified atom stereocenters. The van der Waals surface area contributed by atoms with Crippen molar-refractivity contribution in [2.45, 2.75) is 30.8 Å². The van der Waals surface area contributed by atoms with Gasteiger partial charge in [0.2, 0.25) is 0 Å². The molecule has 2 atom stereocenters. The first-order valence-corrected chi connectivity index (χ1v) is 7.09. The molecular formula is C18H18O2. The molecule has 2 heteroatoms. The van der Waals surface area contributed by atoms with Crippen LogP contribution in [0.4, 0.5) is 0 Å². The van der Waals surface area contributed by atoms with Crippen LogP contribution < -0.4 is 0 Å². The molecule has 0 saturated heterocycles. The molecule has 0 heterocycles. The Bertz CT molecular complexity index is 591. The van der Waals surface area contributed by atoms with Gasteiger partial charge in [-0.3, -0.25) is 4.79 Å². The van der Waals surface area contributed by atoms with Crippen molar-refractivity contribution in [3.63, 3.8) is 0 Å². The molecule has 0 radical (unpaired) electrons. The highest BCUT2D eigenvalue weighted by Gasteiger charge is 2.44. The minimum atomic E-state index is -1.33. The van der Waals surface area contributed by atoms with Gasteiger partial charge in [-0.25, -0.2) is 0 Å². The summed E-state index contributed by atoms with van der Waals surface area (Å²) in [7, 11) is 0. The van der Waals surface area contributed by atoms with Crippen LogP contribution in [-0.4, -0.2) is 10.9 Å². The maximum Gasteiger partial charge on any atom is 0.176 e. The van der Waals surface area contributed by atoms with Crippen LogP contribution in [-0.2, 0) is 10.4 Å². The molecule has 3 rings (SSSR count). The maximum absolute atomic E-state index is 12.8. The Morgan fingerprint density at radius 3 is 2.20 bits per heavy atom. The summed E-state index contributed by atoms with van der Waals surface area (Å²) >= 11 is 0. The van der Waals surface area contributed by atoms with Crippen LogP contribution in [0.25, 0.3) is 0 Å². The van der Waals surface area contributed by atoms with E-state index in [9.17, 15) is 9.90 Å². The van der Waals surface area contributed by atoms with Gasteiger partial charge < -0.3 is 5.11 Å². The molecule has 2 aromatic carbocycles. The van der Waals surface area contributed by atoms with Gasteiger partial charge in [-0.1, -0.05) is 60.7 Å². The summed E-state index contributed by atoms with van der Waals surface area (Å²) in [4.78, 5) is 12.8. The molecule has 1 saturated carbocycles. The molecule has 102 valence electrons. The fraction of sp³-hybridized carbons (Fsp3) is 0.278.